The third-order valence-electron chi connectivity index (χ3n) is 5.47. The van der Waals surface area contributed by atoms with E-state index < -0.39 is 15.9 Å². The lowest BCUT2D eigenvalue weighted by Gasteiger charge is -2.25. The number of fused-ring (bicyclic) bond motifs is 1. The highest BCUT2D eigenvalue weighted by Crippen LogP contribution is 2.30. The zero-order chi connectivity index (χ0) is 23.6. The van der Waals surface area contributed by atoms with Gasteiger partial charge in [0.05, 0.1) is 26.7 Å². The van der Waals surface area contributed by atoms with Gasteiger partial charge in [0.2, 0.25) is 10.0 Å². The summed E-state index contributed by atoms with van der Waals surface area (Å²) in [6.07, 6.45) is 2.77. The minimum atomic E-state index is -3.56. The summed E-state index contributed by atoms with van der Waals surface area (Å²) in [6, 6.07) is 9.36. The molecule has 0 atom stereocenters. The number of nitrogens with zero attached hydrogens (tertiary/aromatic N) is 3. The van der Waals surface area contributed by atoms with Crippen molar-refractivity contribution in [1.82, 2.24) is 8.87 Å². The van der Waals surface area contributed by atoms with Crippen LogP contribution in [-0.2, 0) is 21.3 Å². The first-order chi connectivity index (χ1) is 15.8. The predicted molar refractivity (Wildman–Crippen MR) is 131 cm³/mol. The van der Waals surface area contributed by atoms with Crippen LogP contribution < -0.4 is 4.80 Å². The van der Waals surface area contributed by atoms with Crippen LogP contribution in [0.5, 0.6) is 0 Å². The molecule has 1 saturated heterocycles. The summed E-state index contributed by atoms with van der Waals surface area (Å²) in [4.78, 5) is 17.8. The van der Waals surface area contributed by atoms with Crippen molar-refractivity contribution in [3.8, 4) is 0 Å². The maximum atomic E-state index is 12.9. The van der Waals surface area contributed by atoms with Crippen LogP contribution in [0.1, 0.15) is 29.6 Å². The van der Waals surface area contributed by atoms with Crippen molar-refractivity contribution in [3.05, 3.63) is 56.8 Å². The van der Waals surface area contributed by atoms with E-state index in [0.717, 1.165) is 29.5 Å². The number of ether oxygens (including phenoxy) is 1. The van der Waals surface area contributed by atoms with E-state index >= 15 is 0 Å². The monoisotopic (exact) mass is 527 g/mol. The second-order valence-corrected chi connectivity index (χ2v) is 11.5. The first kappa shape index (κ1) is 24.4. The normalized spacial score (nSPS) is 15.9. The summed E-state index contributed by atoms with van der Waals surface area (Å²) in [5.41, 5.74) is 1.03. The Morgan fingerprint density at radius 1 is 1.12 bits per heavy atom. The number of amides is 1. The molecule has 1 aliphatic heterocycles. The lowest BCUT2D eigenvalue weighted by Crippen LogP contribution is -2.35. The van der Waals surface area contributed by atoms with Crippen LogP contribution in [0.15, 0.2) is 46.3 Å². The fourth-order valence-corrected chi connectivity index (χ4v) is 7.13. The van der Waals surface area contributed by atoms with Gasteiger partial charge >= 0.3 is 0 Å². The number of sulfonamides is 1. The van der Waals surface area contributed by atoms with E-state index in [1.165, 1.54) is 39.9 Å². The topological polar surface area (TPSA) is 81.0 Å². The van der Waals surface area contributed by atoms with Gasteiger partial charge in [-0.1, -0.05) is 41.0 Å². The molecule has 7 nitrogen and oxygen atoms in total. The Labute approximate surface area is 206 Å². The van der Waals surface area contributed by atoms with Crippen LogP contribution in [0, 0.1) is 0 Å². The Balaban J connectivity index is 1.67. The number of methoxy groups -OCH3 is 1. The summed E-state index contributed by atoms with van der Waals surface area (Å²) in [7, 11) is -1.97. The quantitative estimate of drug-likeness (QED) is 0.470. The van der Waals surface area contributed by atoms with E-state index in [0.29, 0.717) is 46.7 Å². The van der Waals surface area contributed by atoms with Crippen molar-refractivity contribution in [2.24, 2.45) is 4.99 Å². The van der Waals surface area contributed by atoms with Gasteiger partial charge in [0.25, 0.3) is 5.91 Å². The van der Waals surface area contributed by atoms with Gasteiger partial charge in [-0.2, -0.15) is 9.30 Å². The van der Waals surface area contributed by atoms with E-state index in [2.05, 4.69) is 4.99 Å². The molecular formula is C22H23Cl2N3O4S2. The number of hydrogen-bond donors (Lipinski definition) is 0. The Morgan fingerprint density at radius 3 is 2.48 bits per heavy atom. The second-order valence-electron chi connectivity index (χ2n) is 7.67. The minimum absolute atomic E-state index is 0.180. The number of carbonyl (C=O) groups excluding carboxylic acids is 1. The molecule has 176 valence electrons. The van der Waals surface area contributed by atoms with Gasteiger partial charge in [-0.15, -0.1) is 0 Å². The number of rotatable bonds is 6. The number of hydrogen-bond acceptors (Lipinski definition) is 5. The van der Waals surface area contributed by atoms with Crippen molar-refractivity contribution in [1.29, 1.82) is 0 Å². The number of aromatic nitrogens is 1. The summed E-state index contributed by atoms with van der Waals surface area (Å²) in [6.45, 7) is 1.92. The van der Waals surface area contributed by atoms with Gasteiger partial charge < -0.3 is 9.30 Å². The van der Waals surface area contributed by atoms with Crippen LogP contribution in [0.4, 0.5) is 0 Å². The molecule has 0 aliphatic carbocycles. The number of carbonyl (C=O) groups is 1. The standard InChI is InChI=1S/C22H23Cl2N3O4S2/c1-31-12-11-27-20-18(24)13-16(23)14-19(20)32-22(27)25-21(28)15-5-7-17(8-6-15)33(29,30)26-9-3-2-4-10-26/h5-8,13-14H,2-4,9-12H2,1H3. The smallest absolute Gasteiger partial charge is 0.279 e. The van der Waals surface area contributed by atoms with Gasteiger partial charge in [-0.05, 0) is 49.2 Å². The molecule has 3 aromatic rings. The molecule has 1 aliphatic rings. The molecule has 33 heavy (non-hydrogen) atoms. The van der Waals surface area contributed by atoms with Crippen molar-refractivity contribution < 1.29 is 17.9 Å². The third-order valence-corrected chi connectivity index (χ3v) is 8.91. The number of piperidine rings is 1. The Morgan fingerprint density at radius 2 is 1.82 bits per heavy atom. The first-order valence-corrected chi connectivity index (χ1v) is 13.5. The van der Waals surface area contributed by atoms with E-state index in [4.69, 9.17) is 27.9 Å². The SMILES string of the molecule is COCCn1c(=NC(=O)c2ccc(S(=O)(=O)N3CCCCC3)cc2)sc2cc(Cl)cc(Cl)c21. The largest absolute Gasteiger partial charge is 0.383 e. The fraction of sp³-hybridized carbons (Fsp3) is 0.364. The second kappa shape index (κ2) is 10.2. The van der Waals surface area contributed by atoms with Gasteiger partial charge in [0.15, 0.2) is 4.80 Å². The zero-order valence-corrected chi connectivity index (χ0v) is 21.1. The van der Waals surface area contributed by atoms with Crippen molar-refractivity contribution in [3.63, 3.8) is 0 Å². The lowest BCUT2D eigenvalue weighted by atomic mass is 10.2. The van der Waals surface area contributed by atoms with Gasteiger partial charge in [0.1, 0.15) is 0 Å². The van der Waals surface area contributed by atoms with Crippen LogP contribution >= 0.6 is 34.5 Å². The highest BCUT2D eigenvalue weighted by molar-refractivity contribution is 7.89. The zero-order valence-electron chi connectivity index (χ0n) is 18.0. The molecule has 0 saturated carbocycles. The average Bonchev–Trinajstić information content (AvgIpc) is 3.15. The van der Waals surface area contributed by atoms with Gasteiger partial charge in [-0.25, -0.2) is 8.42 Å². The third kappa shape index (κ3) is 5.18. The number of thiazole rings is 1. The summed E-state index contributed by atoms with van der Waals surface area (Å²) >= 11 is 13.8. The van der Waals surface area contributed by atoms with E-state index in [-0.39, 0.29) is 4.90 Å². The Hall–Kier alpha value is -1.75. The predicted octanol–water partition coefficient (Wildman–Crippen LogP) is 4.57. The molecule has 2 heterocycles. The Bertz CT molecular complexity index is 1340. The molecule has 0 N–H and O–H groups in total. The van der Waals surface area contributed by atoms with E-state index in [1.807, 2.05) is 4.57 Å². The molecule has 1 amide bonds. The number of benzene rings is 2. The van der Waals surface area contributed by atoms with Gasteiger partial charge in [0, 0.05) is 37.3 Å². The van der Waals surface area contributed by atoms with Crippen molar-refractivity contribution in [2.45, 2.75) is 30.7 Å². The summed E-state index contributed by atoms with van der Waals surface area (Å²) in [5, 5.41) is 0.960. The maximum Gasteiger partial charge on any atom is 0.279 e. The molecular weight excluding hydrogens is 505 g/mol. The minimum Gasteiger partial charge on any atom is -0.383 e. The highest BCUT2D eigenvalue weighted by atomic mass is 35.5. The first-order valence-electron chi connectivity index (χ1n) is 10.5. The molecule has 11 heteroatoms. The number of halogens is 2. The summed E-state index contributed by atoms with van der Waals surface area (Å²) in [5.74, 6) is -0.475. The van der Waals surface area contributed by atoms with Crippen molar-refractivity contribution in [2.75, 3.05) is 26.8 Å². The molecule has 2 aromatic carbocycles. The fourth-order valence-electron chi connectivity index (χ4n) is 3.78. The van der Waals surface area contributed by atoms with Crippen LogP contribution in [0.3, 0.4) is 0 Å². The van der Waals surface area contributed by atoms with Crippen molar-refractivity contribution >= 4 is 60.7 Å². The molecule has 1 fully saturated rings. The van der Waals surface area contributed by atoms with Gasteiger partial charge in [-0.3, -0.25) is 4.79 Å². The van der Waals surface area contributed by atoms with E-state index in [1.54, 1.807) is 19.2 Å². The molecule has 0 unspecified atom stereocenters. The molecule has 4 rings (SSSR count). The molecule has 0 radical (unpaired) electrons. The van der Waals surface area contributed by atoms with Crippen LogP contribution in [0.25, 0.3) is 10.2 Å². The summed E-state index contributed by atoms with van der Waals surface area (Å²) < 4.78 is 35.0. The molecule has 0 bridgehead atoms. The van der Waals surface area contributed by atoms with Crippen LogP contribution in [-0.4, -0.2) is 50.0 Å². The average molecular weight is 528 g/mol. The molecule has 0 spiro atoms. The maximum absolute atomic E-state index is 12.9. The molecule has 1 aromatic heterocycles. The highest BCUT2D eigenvalue weighted by Gasteiger charge is 2.26. The van der Waals surface area contributed by atoms with Crippen LogP contribution in [0.2, 0.25) is 10.0 Å². The van der Waals surface area contributed by atoms with E-state index in [9.17, 15) is 13.2 Å². The lowest BCUT2D eigenvalue weighted by molar-refractivity contribution is 0.0997. The Kier molecular flexibility index (Phi) is 7.57.